The van der Waals surface area contributed by atoms with E-state index in [2.05, 4.69) is 4.99 Å². The van der Waals surface area contributed by atoms with Crippen molar-refractivity contribution >= 4 is 18.1 Å². The third kappa shape index (κ3) is 3.97. The molecule has 2 heterocycles. The van der Waals surface area contributed by atoms with Crippen LogP contribution in [0.25, 0.3) is 0 Å². The highest BCUT2D eigenvalue weighted by Crippen LogP contribution is 2.27. The van der Waals surface area contributed by atoms with Crippen molar-refractivity contribution in [1.82, 2.24) is 4.90 Å². The van der Waals surface area contributed by atoms with Crippen LogP contribution in [0.3, 0.4) is 0 Å². The van der Waals surface area contributed by atoms with Crippen LogP contribution in [-0.2, 0) is 9.59 Å². The molecule has 0 bridgehead atoms. The smallest absolute Gasteiger partial charge is 0.475 e. The Hall–Kier alpha value is -2.06. The molecule has 0 aromatic heterocycles. The largest absolute Gasteiger partial charge is 0.490 e. The summed E-state index contributed by atoms with van der Waals surface area (Å²) < 4.78 is 31.7. The van der Waals surface area contributed by atoms with Gasteiger partial charge in [-0.2, -0.15) is 13.2 Å². The Morgan fingerprint density at radius 2 is 2.05 bits per heavy atom. The number of allylic oxidation sites excluding steroid dienone is 1. The zero-order chi connectivity index (χ0) is 14.6. The van der Waals surface area contributed by atoms with Crippen molar-refractivity contribution in [2.75, 3.05) is 6.54 Å². The zero-order valence-electron chi connectivity index (χ0n) is 9.72. The maximum atomic E-state index is 11.0. The molecule has 106 valence electrons. The quantitative estimate of drug-likeness (QED) is 0.730. The van der Waals surface area contributed by atoms with Crippen LogP contribution in [0.1, 0.15) is 12.8 Å². The first-order chi connectivity index (χ1) is 8.73. The number of carbonyl (C=O) groups excluding carboxylic acids is 1. The number of nitrogens with two attached hydrogens (primary N) is 1. The van der Waals surface area contributed by atoms with E-state index in [1.54, 1.807) is 6.21 Å². The SMILES string of the molecule is NC(=O)C1CCC2=CN=CCN21.O=C(O)C(F)(F)F. The molecule has 0 aromatic rings. The van der Waals surface area contributed by atoms with Gasteiger partial charge in [-0.15, -0.1) is 0 Å². The number of aliphatic imine (C=N–C) groups is 1. The van der Waals surface area contributed by atoms with Crippen molar-refractivity contribution in [1.29, 1.82) is 0 Å². The molecule has 1 fully saturated rings. The van der Waals surface area contributed by atoms with Gasteiger partial charge in [0, 0.05) is 18.1 Å². The van der Waals surface area contributed by atoms with Crippen LogP contribution in [0.4, 0.5) is 13.2 Å². The molecule has 0 aliphatic carbocycles. The zero-order valence-corrected chi connectivity index (χ0v) is 9.72. The van der Waals surface area contributed by atoms with E-state index in [0.29, 0.717) is 0 Å². The Kier molecular flexibility index (Phi) is 4.52. The number of hydrogen-bond donors (Lipinski definition) is 2. The number of aliphatic carboxylic acids is 1. The molecule has 0 radical (unpaired) electrons. The average molecular weight is 279 g/mol. The van der Waals surface area contributed by atoms with E-state index in [9.17, 15) is 18.0 Å². The summed E-state index contributed by atoms with van der Waals surface area (Å²) in [5.41, 5.74) is 6.39. The molecule has 0 saturated carbocycles. The predicted octanol–water partition coefficient (Wildman–Crippen LogP) is 0.495. The van der Waals surface area contributed by atoms with E-state index < -0.39 is 12.1 Å². The maximum absolute atomic E-state index is 11.0. The van der Waals surface area contributed by atoms with E-state index in [4.69, 9.17) is 15.6 Å². The number of carboxylic acids is 1. The van der Waals surface area contributed by atoms with Gasteiger partial charge in [-0.25, -0.2) is 4.79 Å². The number of nitrogens with zero attached hydrogens (tertiary/aromatic N) is 2. The number of rotatable bonds is 1. The van der Waals surface area contributed by atoms with Gasteiger partial charge in [-0.05, 0) is 12.8 Å². The van der Waals surface area contributed by atoms with Gasteiger partial charge in [0.1, 0.15) is 6.04 Å². The third-order valence-corrected chi connectivity index (χ3v) is 2.60. The van der Waals surface area contributed by atoms with Crippen LogP contribution in [0.2, 0.25) is 0 Å². The first-order valence-corrected chi connectivity index (χ1v) is 5.30. The minimum Gasteiger partial charge on any atom is -0.475 e. The van der Waals surface area contributed by atoms with Crippen molar-refractivity contribution < 1.29 is 27.9 Å². The van der Waals surface area contributed by atoms with Crippen LogP contribution in [0.15, 0.2) is 16.9 Å². The van der Waals surface area contributed by atoms with Gasteiger partial charge in [0.15, 0.2) is 0 Å². The molecular weight excluding hydrogens is 267 g/mol. The molecule has 1 saturated heterocycles. The molecule has 2 aliphatic rings. The number of alkyl halides is 3. The van der Waals surface area contributed by atoms with E-state index in [1.807, 2.05) is 11.1 Å². The average Bonchev–Trinajstić information content (AvgIpc) is 2.72. The minimum atomic E-state index is -5.08. The molecule has 0 aromatic carbocycles. The Morgan fingerprint density at radius 1 is 1.47 bits per heavy atom. The highest BCUT2D eigenvalue weighted by molar-refractivity contribution is 5.81. The Balaban J connectivity index is 0.000000224. The second kappa shape index (κ2) is 5.72. The number of carbonyl (C=O) groups is 2. The molecule has 6 nitrogen and oxygen atoms in total. The molecule has 9 heteroatoms. The second-order valence-corrected chi connectivity index (χ2v) is 3.86. The van der Waals surface area contributed by atoms with Gasteiger partial charge in [-0.3, -0.25) is 9.79 Å². The summed E-state index contributed by atoms with van der Waals surface area (Å²) in [6, 6.07) is -0.108. The third-order valence-electron chi connectivity index (χ3n) is 2.60. The van der Waals surface area contributed by atoms with E-state index in [-0.39, 0.29) is 11.9 Å². The van der Waals surface area contributed by atoms with Gasteiger partial charge in [0.05, 0.1) is 6.54 Å². The Morgan fingerprint density at radius 3 is 2.53 bits per heavy atom. The van der Waals surface area contributed by atoms with Crippen LogP contribution < -0.4 is 5.73 Å². The first kappa shape index (κ1) is 15.0. The summed E-state index contributed by atoms with van der Waals surface area (Å²) in [7, 11) is 0. The number of hydrogen-bond acceptors (Lipinski definition) is 4. The first-order valence-electron chi connectivity index (χ1n) is 5.30. The molecular formula is C10H12F3N3O3. The predicted molar refractivity (Wildman–Crippen MR) is 59.2 cm³/mol. The fourth-order valence-corrected chi connectivity index (χ4v) is 1.74. The fraction of sp³-hybridized carbons (Fsp3) is 0.500. The van der Waals surface area contributed by atoms with Crippen LogP contribution in [0, 0.1) is 0 Å². The van der Waals surface area contributed by atoms with Crippen molar-refractivity contribution in [3.05, 3.63) is 11.9 Å². The Labute approximate surface area is 106 Å². The summed E-state index contributed by atoms with van der Waals surface area (Å²) >= 11 is 0. The maximum Gasteiger partial charge on any atom is 0.490 e. The molecule has 1 unspecified atom stereocenters. The van der Waals surface area contributed by atoms with Gasteiger partial charge >= 0.3 is 12.1 Å². The standard InChI is InChI=1S/C8H11N3O.C2HF3O2/c9-8(12)7-2-1-6-5-10-3-4-11(6)7;3-2(4,5)1(6)7/h3,5,7H,1-2,4H2,(H2,9,12);(H,6,7). The minimum absolute atomic E-state index is 0.108. The number of carboxylic acid groups (broad SMARTS) is 1. The van der Waals surface area contributed by atoms with Crippen molar-refractivity contribution in [2.24, 2.45) is 10.7 Å². The van der Waals surface area contributed by atoms with Crippen molar-refractivity contribution in [2.45, 2.75) is 25.1 Å². The molecule has 1 atom stereocenters. The molecule has 2 aliphatic heterocycles. The summed E-state index contributed by atoms with van der Waals surface area (Å²) in [4.78, 5) is 25.9. The van der Waals surface area contributed by atoms with Gasteiger partial charge < -0.3 is 15.7 Å². The molecule has 1 amide bonds. The Bertz CT molecular complexity index is 431. The van der Waals surface area contributed by atoms with Crippen molar-refractivity contribution in [3.63, 3.8) is 0 Å². The van der Waals surface area contributed by atoms with Crippen LogP contribution in [0.5, 0.6) is 0 Å². The summed E-state index contributed by atoms with van der Waals surface area (Å²) in [6.45, 7) is 0.722. The lowest BCUT2D eigenvalue weighted by atomic mass is 10.2. The topological polar surface area (TPSA) is 96.0 Å². The normalized spacial score (nSPS) is 21.1. The fourth-order valence-electron chi connectivity index (χ4n) is 1.74. The van der Waals surface area contributed by atoms with Gasteiger partial charge in [-0.1, -0.05) is 0 Å². The summed E-state index contributed by atoms with van der Waals surface area (Å²) in [6.07, 6.45) is 0.284. The number of primary amides is 1. The monoisotopic (exact) mass is 279 g/mol. The lowest BCUT2D eigenvalue weighted by molar-refractivity contribution is -0.192. The number of halogens is 3. The van der Waals surface area contributed by atoms with E-state index >= 15 is 0 Å². The van der Waals surface area contributed by atoms with Crippen molar-refractivity contribution in [3.8, 4) is 0 Å². The molecule has 3 N–H and O–H groups in total. The van der Waals surface area contributed by atoms with Gasteiger partial charge in [0.2, 0.25) is 5.91 Å². The highest BCUT2D eigenvalue weighted by atomic mass is 19.4. The lowest BCUT2D eigenvalue weighted by Crippen LogP contribution is -2.41. The van der Waals surface area contributed by atoms with Gasteiger partial charge in [0.25, 0.3) is 0 Å². The molecule has 2 rings (SSSR count). The lowest BCUT2D eigenvalue weighted by Gasteiger charge is -2.25. The number of amides is 1. The summed E-state index contributed by atoms with van der Waals surface area (Å²) in [5.74, 6) is -2.98. The van der Waals surface area contributed by atoms with Crippen LogP contribution >= 0.6 is 0 Å². The summed E-state index contributed by atoms with van der Waals surface area (Å²) in [5, 5.41) is 7.12. The van der Waals surface area contributed by atoms with E-state index in [0.717, 1.165) is 25.1 Å². The van der Waals surface area contributed by atoms with Crippen LogP contribution in [-0.4, -0.2) is 46.9 Å². The second-order valence-electron chi connectivity index (χ2n) is 3.86. The molecule has 19 heavy (non-hydrogen) atoms. The highest BCUT2D eigenvalue weighted by Gasteiger charge is 2.38. The number of fused-ring (bicyclic) bond motifs is 1. The molecule has 0 spiro atoms. The van der Waals surface area contributed by atoms with E-state index in [1.165, 1.54) is 0 Å².